The number of benzene rings is 1. The van der Waals surface area contributed by atoms with Crippen molar-refractivity contribution in [2.45, 2.75) is 63.1 Å². The summed E-state index contributed by atoms with van der Waals surface area (Å²) < 4.78 is 16.4. The van der Waals surface area contributed by atoms with Crippen LogP contribution in [0, 0.1) is 16.6 Å². The Labute approximate surface area is 190 Å². The molecule has 0 unspecified atom stereocenters. The second kappa shape index (κ2) is 9.38. The van der Waals surface area contributed by atoms with Gasteiger partial charge in [0.1, 0.15) is 11.3 Å². The van der Waals surface area contributed by atoms with Crippen LogP contribution in [0.25, 0.3) is 11.2 Å². The lowest BCUT2D eigenvalue weighted by Gasteiger charge is -2.26. The van der Waals surface area contributed by atoms with Crippen LogP contribution in [0.1, 0.15) is 51.0 Å². The van der Waals surface area contributed by atoms with Gasteiger partial charge in [0.05, 0.1) is 24.5 Å². The van der Waals surface area contributed by atoms with Gasteiger partial charge in [0.25, 0.3) is 0 Å². The number of aliphatic hydroxyl groups excluding tert-OH is 1. The van der Waals surface area contributed by atoms with Gasteiger partial charge >= 0.3 is 0 Å². The summed E-state index contributed by atoms with van der Waals surface area (Å²) in [6, 6.07) is 6.77. The number of fused-ring (bicyclic) bond motifs is 1. The molecule has 2 saturated carbocycles. The number of imidazole rings is 1. The number of aromatic nitrogens is 4. The highest BCUT2D eigenvalue weighted by molar-refractivity contribution is 5.76. The second-order valence-electron chi connectivity index (χ2n) is 9.11. The Bertz CT molecular complexity index is 1130. The Morgan fingerprint density at radius 2 is 1.94 bits per heavy atom. The lowest BCUT2D eigenvalue weighted by molar-refractivity contribution is 0.126. The molecular formula is C23H28FN7O2. The van der Waals surface area contributed by atoms with E-state index < -0.39 is 0 Å². The van der Waals surface area contributed by atoms with Gasteiger partial charge in [-0.25, -0.2) is 14.4 Å². The molecule has 3 N–H and O–H groups in total. The first-order valence-corrected chi connectivity index (χ1v) is 11.6. The van der Waals surface area contributed by atoms with Crippen molar-refractivity contribution < 1.29 is 9.50 Å². The second-order valence-corrected chi connectivity index (χ2v) is 9.11. The number of aliphatic hydroxyl groups is 1. The third-order valence-corrected chi connectivity index (χ3v) is 6.79. The number of hydrogen-bond acceptors (Lipinski definition) is 8. The fraction of sp³-hybridized carbons (Fsp3) is 0.522. The van der Waals surface area contributed by atoms with E-state index in [1.165, 1.54) is 6.07 Å². The number of rotatable bonds is 7. The van der Waals surface area contributed by atoms with E-state index >= 15 is 0 Å². The van der Waals surface area contributed by atoms with E-state index in [9.17, 15) is 14.4 Å². The van der Waals surface area contributed by atoms with Crippen molar-refractivity contribution in [2.75, 3.05) is 17.2 Å². The summed E-state index contributed by atoms with van der Waals surface area (Å²) in [5.74, 6) is 0.886. The molecule has 0 saturated heterocycles. The first-order valence-electron chi connectivity index (χ1n) is 11.6. The number of anilines is 3. The van der Waals surface area contributed by atoms with Crippen LogP contribution in [0.2, 0.25) is 0 Å². The summed E-state index contributed by atoms with van der Waals surface area (Å²) in [6.45, 7) is 0.300. The van der Waals surface area contributed by atoms with Crippen molar-refractivity contribution in [1.82, 2.24) is 19.5 Å². The molecule has 0 spiro atoms. The van der Waals surface area contributed by atoms with E-state index in [4.69, 9.17) is 4.98 Å². The maximum absolute atomic E-state index is 14.4. The molecule has 5 rings (SSSR count). The van der Waals surface area contributed by atoms with Crippen LogP contribution in [-0.2, 0) is 0 Å². The van der Waals surface area contributed by atoms with Gasteiger partial charge in [0.15, 0.2) is 5.65 Å². The maximum atomic E-state index is 14.4. The van der Waals surface area contributed by atoms with Crippen molar-refractivity contribution in [2.24, 2.45) is 11.1 Å². The summed E-state index contributed by atoms with van der Waals surface area (Å²) in [5, 5.41) is 19.4. The molecule has 0 radical (unpaired) electrons. The van der Waals surface area contributed by atoms with Gasteiger partial charge in [0.2, 0.25) is 11.9 Å². The molecule has 2 heterocycles. The largest absolute Gasteiger partial charge is 0.393 e. The van der Waals surface area contributed by atoms with Gasteiger partial charge in [0, 0.05) is 12.1 Å². The first-order chi connectivity index (χ1) is 16.1. The number of hydrogen-bond donors (Lipinski definition) is 3. The Morgan fingerprint density at radius 3 is 2.73 bits per heavy atom. The van der Waals surface area contributed by atoms with Crippen LogP contribution < -0.4 is 10.6 Å². The average molecular weight is 454 g/mol. The predicted octanol–water partition coefficient (Wildman–Crippen LogP) is 4.53. The summed E-state index contributed by atoms with van der Waals surface area (Å²) in [4.78, 5) is 24.7. The molecular weight excluding hydrogens is 425 g/mol. The third-order valence-electron chi connectivity index (χ3n) is 6.79. The summed E-state index contributed by atoms with van der Waals surface area (Å²) in [6.07, 6.45) is 7.28. The highest BCUT2D eigenvalue weighted by Gasteiger charge is 2.30. The van der Waals surface area contributed by atoms with E-state index in [2.05, 4.69) is 25.8 Å². The van der Waals surface area contributed by atoms with Crippen molar-refractivity contribution in [3.8, 4) is 0 Å². The van der Waals surface area contributed by atoms with Gasteiger partial charge in [-0.1, -0.05) is 17.3 Å². The number of nitroso groups, excluding NO2 is 1. The quantitative estimate of drug-likeness (QED) is 0.450. The van der Waals surface area contributed by atoms with E-state index in [1.54, 1.807) is 24.4 Å². The first kappa shape index (κ1) is 21.7. The van der Waals surface area contributed by atoms with Crippen LogP contribution in [0.15, 0.2) is 35.6 Å². The van der Waals surface area contributed by atoms with Crippen LogP contribution >= 0.6 is 0 Å². The van der Waals surface area contributed by atoms with E-state index in [1.807, 2.05) is 4.57 Å². The van der Waals surface area contributed by atoms with Crippen LogP contribution in [0.3, 0.4) is 0 Å². The van der Waals surface area contributed by atoms with Gasteiger partial charge in [-0.15, -0.1) is 0 Å². The Hall–Kier alpha value is -3.14. The normalized spacial score (nSPS) is 25.3. The Morgan fingerprint density at radius 1 is 1.12 bits per heavy atom. The van der Waals surface area contributed by atoms with Crippen LogP contribution in [0.4, 0.5) is 22.0 Å². The molecule has 0 aliphatic heterocycles. The molecule has 0 amide bonds. The minimum absolute atomic E-state index is 0.0728. The zero-order valence-corrected chi connectivity index (χ0v) is 18.3. The van der Waals surface area contributed by atoms with Crippen LogP contribution in [-0.4, -0.2) is 43.3 Å². The lowest BCUT2D eigenvalue weighted by atomic mass is 9.93. The zero-order valence-electron chi connectivity index (χ0n) is 18.3. The van der Waals surface area contributed by atoms with Gasteiger partial charge < -0.3 is 15.7 Å². The van der Waals surface area contributed by atoms with E-state index in [-0.39, 0.29) is 29.9 Å². The molecule has 33 heavy (non-hydrogen) atoms. The third kappa shape index (κ3) is 4.66. The van der Waals surface area contributed by atoms with Crippen LogP contribution in [0.5, 0.6) is 0 Å². The number of halogens is 1. The number of para-hydroxylation sites is 1. The van der Waals surface area contributed by atoms with Crippen molar-refractivity contribution in [3.63, 3.8) is 0 Å². The van der Waals surface area contributed by atoms with Gasteiger partial charge in [-0.05, 0) is 63.0 Å². The standard InChI is InChI=1S/C23H28FN7O2/c24-18-3-1-2-4-19(18)28-23-29-20-13-25-22(27-15-6-9-17(32)10-7-15)30-21(20)31(23)16-8-5-14(11-16)12-26-33/h1-4,13-17,32H,5-12H2,(H,28,29)(H,25,27,30)/t14-,15?,16-,17?/m0/s1. The Kier molecular flexibility index (Phi) is 6.17. The van der Waals surface area contributed by atoms with Gasteiger partial charge in [-0.3, -0.25) is 4.57 Å². The fourth-order valence-corrected chi connectivity index (χ4v) is 5.03. The summed E-state index contributed by atoms with van der Waals surface area (Å²) >= 11 is 0. The molecule has 2 aliphatic carbocycles. The van der Waals surface area contributed by atoms with E-state index in [0.717, 1.165) is 44.9 Å². The molecule has 2 aromatic heterocycles. The Balaban J connectivity index is 1.48. The SMILES string of the molecule is O=NC[C@H]1CC[C@H](n2c(Nc3ccccc3F)nc3cnc(NC4CCC(O)CC4)nc32)C1. The molecule has 10 heteroatoms. The molecule has 174 valence electrons. The summed E-state index contributed by atoms with van der Waals surface area (Å²) in [7, 11) is 0. The molecule has 0 bridgehead atoms. The zero-order chi connectivity index (χ0) is 22.8. The predicted molar refractivity (Wildman–Crippen MR) is 124 cm³/mol. The molecule has 2 fully saturated rings. The van der Waals surface area contributed by atoms with Crippen molar-refractivity contribution in [1.29, 1.82) is 0 Å². The molecule has 1 aromatic carbocycles. The minimum Gasteiger partial charge on any atom is -0.393 e. The average Bonchev–Trinajstić information content (AvgIpc) is 3.41. The number of nitrogens with zero attached hydrogens (tertiary/aromatic N) is 5. The van der Waals surface area contributed by atoms with Crippen molar-refractivity contribution in [3.05, 3.63) is 41.2 Å². The lowest BCUT2D eigenvalue weighted by Crippen LogP contribution is -2.29. The molecule has 3 aromatic rings. The molecule has 2 atom stereocenters. The fourth-order valence-electron chi connectivity index (χ4n) is 5.03. The maximum Gasteiger partial charge on any atom is 0.224 e. The smallest absolute Gasteiger partial charge is 0.224 e. The minimum atomic E-state index is -0.363. The van der Waals surface area contributed by atoms with Crippen molar-refractivity contribution >= 4 is 28.7 Å². The molecule has 2 aliphatic rings. The van der Waals surface area contributed by atoms with E-state index in [0.29, 0.717) is 35.3 Å². The highest BCUT2D eigenvalue weighted by atomic mass is 19.1. The molecule has 9 nitrogen and oxygen atoms in total. The van der Waals surface area contributed by atoms with Gasteiger partial charge in [-0.2, -0.15) is 9.89 Å². The number of nitrogens with one attached hydrogen (secondary N) is 2. The monoisotopic (exact) mass is 453 g/mol. The summed E-state index contributed by atoms with van der Waals surface area (Å²) in [5.41, 5.74) is 1.63. The topological polar surface area (TPSA) is 117 Å². The highest BCUT2D eigenvalue weighted by Crippen LogP contribution is 2.39.